The standard InChI is InChI=1S/C14H12ClIN2O/c1-9-5-6-12(8-13(9)16)18-14(19)17-11-4-2-3-10(15)7-11/h2-8H,1H3,(H2,17,18,19). The van der Waals surface area contributed by atoms with Gasteiger partial charge in [-0.05, 0) is 65.4 Å². The Labute approximate surface area is 130 Å². The minimum absolute atomic E-state index is 0.290. The molecule has 0 saturated heterocycles. The zero-order valence-electron chi connectivity index (χ0n) is 10.2. The van der Waals surface area contributed by atoms with E-state index in [4.69, 9.17) is 11.6 Å². The van der Waals surface area contributed by atoms with E-state index in [9.17, 15) is 4.79 Å². The monoisotopic (exact) mass is 386 g/mol. The molecule has 0 atom stereocenters. The zero-order valence-corrected chi connectivity index (χ0v) is 13.1. The minimum Gasteiger partial charge on any atom is -0.308 e. The quantitative estimate of drug-likeness (QED) is 0.708. The summed E-state index contributed by atoms with van der Waals surface area (Å²) in [5.74, 6) is 0. The highest BCUT2D eigenvalue weighted by molar-refractivity contribution is 14.1. The average molecular weight is 387 g/mol. The molecule has 98 valence electrons. The molecular formula is C14H12ClIN2O. The normalized spacial score (nSPS) is 10.1. The summed E-state index contributed by atoms with van der Waals surface area (Å²) >= 11 is 8.09. The molecule has 0 aliphatic rings. The summed E-state index contributed by atoms with van der Waals surface area (Å²) in [7, 11) is 0. The van der Waals surface area contributed by atoms with Crippen molar-refractivity contribution in [1.29, 1.82) is 0 Å². The Bertz CT molecular complexity index is 616. The van der Waals surface area contributed by atoms with E-state index in [0.717, 1.165) is 9.26 Å². The lowest BCUT2D eigenvalue weighted by Crippen LogP contribution is -2.19. The molecule has 0 unspecified atom stereocenters. The van der Waals surface area contributed by atoms with Gasteiger partial charge in [-0.1, -0.05) is 23.7 Å². The van der Waals surface area contributed by atoms with E-state index in [1.165, 1.54) is 5.56 Å². The molecule has 0 saturated carbocycles. The second kappa shape index (κ2) is 6.25. The molecule has 2 amide bonds. The van der Waals surface area contributed by atoms with E-state index in [1.807, 2.05) is 25.1 Å². The molecule has 0 bridgehead atoms. The molecule has 2 rings (SSSR count). The van der Waals surface area contributed by atoms with Gasteiger partial charge >= 0.3 is 6.03 Å². The number of hydrogen-bond donors (Lipinski definition) is 2. The van der Waals surface area contributed by atoms with Gasteiger partial charge in [-0.3, -0.25) is 0 Å². The van der Waals surface area contributed by atoms with Crippen molar-refractivity contribution in [1.82, 2.24) is 0 Å². The van der Waals surface area contributed by atoms with Gasteiger partial charge in [0.15, 0.2) is 0 Å². The van der Waals surface area contributed by atoms with Crippen LogP contribution in [0.5, 0.6) is 0 Å². The Hall–Kier alpha value is -1.27. The van der Waals surface area contributed by atoms with Gasteiger partial charge in [0.25, 0.3) is 0 Å². The van der Waals surface area contributed by atoms with Crippen molar-refractivity contribution in [3.05, 3.63) is 56.6 Å². The van der Waals surface area contributed by atoms with Crippen molar-refractivity contribution in [2.75, 3.05) is 10.6 Å². The van der Waals surface area contributed by atoms with Gasteiger partial charge < -0.3 is 10.6 Å². The van der Waals surface area contributed by atoms with E-state index in [0.29, 0.717) is 10.7 Å². The van der Waals surface area contributed by atoms with Crippen LogP contribution in [0.15, 0.2) is 42.5 Å². The van der Waals surface area contributed by atoms with Crippen LogP contribution in [-0.2, 0) is 0 Å². The van der Waals surface area contributed by atoms with Crippen LogP contribution in [0.25, 0.3) is 0 Å². The topological polar surface area (TPSA) is 41.1 Å². The third-order valence-electron chi connectivity index (χ3n) is 2.51. The number of benzene rings is 2. The van der Waals surface area contributed by atoms with Crippen molar-refractivity contribution >= 4 is 51.6 Å². The molecule has 3 nitrogen and oxygen atoms in total. The van der Waals surface area contributed by atoms with Crippen LogP contribution in [0.4, 0.5) is 16.2 Å². The van der Waals surface area contributed by atoms with Crippen LogP contribution in [0, 0.1) is 10.5 Å². The number of carbonyl (C=O) groups excluding carboxylic acids is 1. The maximum atomic E-state index is 11.8. The predicted molar refractivity (Wildman–Crippen MR) is 88.0 cm³/mol. The number of urea groups is 1. The summed E-state index contributed by atoms with van der Waals surface area (Å²) in [5, 5.41) is 6.09. The van der Waals surface area contributed by atoms with Crippen LogP contribution >= 0.6 is 34.2 Å². The Morgan fingerprint density at radius 3 is 2.42 bits per heavy atom. The summed E-state index contributed by atoms with van der Waals surface area (Å²) in [6, 6.07) is 12.5. The summed E-state index contributed by atoms with van der Waals surface area (Å²) in [5.41, 5.74) is 2.60. The third kappa shape index (κ3) is 4.11. The molecule has 0 aromatic heterocycles. The summed E-state index contributed by atoms with van der Waals surface area (Å²) in [6.07, 6.45) is 0. The first-order valence-electron chi connectivity index (χ1n) is 5.64. The molecule has 2 aromatic rings. The smallest absolute Gasteiger partial charge is 0.308 e. The molecule has 0 heterocycles. The Kier molecular flexibility index (Phi) is 4.66. The Morgan fingerprint density at radius 1 is 1.11 bits per heavy atom. The van der Waals surface area contributed by atoms with E-state index in [2.05, 4.69) is 33.2 Å². The fourth-order valence-corrected chi connectivity index (χ4v) is 2.24. The fourth-order valence-electron chi connectivity index (χ4n) is 1.53. The Morgan fingerprint density at radius 2 is 1.79 bits per heavy atom. The molecule has 19 heavy (non-hydrogen) atoms. The second-order valence-corrected chi connectivity index (χ2v) is 5.65. The number of aryl methyl sites for hydroxylation is 1. The first kappa shape index (κ1) is 14.1. The van der Waals surface area contributed by atoms with Gasteiger partial charge in [-0.25, -0.2) is 4.79 Å². The van der Waals surface area contributed by atoms with Crippen LogP contribution < -0.4 is 10.6 Å². The average Bonchev–Trinajstić information content (AvgIpc) is 2.34. The van der Waals surface area contributed by atoms with E-state index >= 15 is 0 Å². The summed E-state index contributed by atoms with van der Waals surface area (Å²) in [4.78, 5) is 11.8. The molecule has 0 radical (unpaired) electrons. The van der Waals surface area contributed by atoms with Gasteiger partial charge in [-0.2, -0.15) is 0 Å². The van der Waals surface area contributed by atoms with Crippen molar-refractivity contribution in [2.24, 2.45) is 0 Å². The summed E-state index contributed by atoms with van der Waals surface area (Å²) in [6.45, 7) is 2.03. The highest BCUT2D eigenvalue weighted by Gasteiger charge is 2.04. The number of carbonyl (C=O) groups is 1. The van der Waals surface area contributed by atoms with E-state index in [-0.39, 0.29) is 6.03 Å². The predicted octanol–water partition coefficient (Wildman–Crippen LogP) is 4.90. The van der Waals surface area contributed by atoms with Gasteiger partial charge in [0.1, 0.15) is 0 Å². The molecule has 5 heteroatoms. The van der Waals surface area contributed by atoms with Crippen molar-refractivity contribution in [2.45, 2.75) is 6.92 Å². The lowest BCUT2D eigenvalue weighted by Gasteiger charge is -2.09. The summed E-state index contributed by atoms with van der Waals surface area (Å²) < 4.78 is 1.11. The highest BCUT2D eigenvalue weighted by atomic mass is 127. The van der Waals surface area contributed by atoms with Crippen molar-refractivity contribution < 1.29 is 4.79 Å². The molecule has 2 aromatic carbocycles. The highest BCUT2D eigenvalue weighted by Crippen LogP contribution is 2.18. The van der Waals surface area contributed by atoms with Crippen LogP contribution in [0.1, 0.15) is 5.56 Å². The van der Waals surface area contributed by atoms with Gasteiger partial charge in [0.05, 0.1) is 0 Å². The number of amides is 2. The van der Waals surface area contributed by atoms with E-state index in [1.54, 1.807) is 24.3 Å². The molecule has 0 spiro atoms. The zero-order chi connectivity index (χ0) is 13.8. The lowest BCUT2D eigenvalue weighted by atomic mass is 10.2. The largest absolute Gasteiger partial charge is 0.323 e. The Balaban J connectivity index is 2.03. The fraction of sp³-hybridized carbons (Fsp3) is 0.0714. The van der Waals surface area contributed by atoms with Crippen molar-refractivity contribution in [3.63, 3.8) is 0 Å². The van der Waals surface area contributed by atoms with Gasteiger partial charge in [0.2, 0.25) is 0 Å². The molecule has 2 N–H and O–H groups in total. The maximum Gasteiger partial charge on any atom is 0.323 e. The van der Waals surface area contributed by atoms with Crippen molar-refractivity contribution in [3.8, 4) is 0 Å². The maximum absolute atomic E-state index is 11.8. The van der Waals surface area contributed by atoms with Crippen LogP contribution in [0.3, 0.4) is 0 Å². The van der Waals surface area contributed by atoms with Gasteiger partial charge in [0, 0.05) is 20.0 Å². The van der Waals surface area contributed by atoms with Crippen LogP contribution in [0.2, 0.25) is 5.02 Å². The lowest BCUT2D eigenvalue weighted by molar-refractivity contribution is 0.262. The second-order valence-electron chi connectivity index (χ2n) is 4.05. The number of nitrogens with one attached hydrogen (secondary N) is 2. The molecule has 0 aliphatic heterocycles. The number of anilines is 2. The van der Waals surface area contributed by atoms with Crippen LogP contribution in [-0.4, -0.2) is 6.03 Å². The first-order valence-corrected chi connectivity index (χ1v) is 7.10. The number of rotatable bonds is 2. The minimum atomic E-state index is -0.290. The SMILES string of the molecule is Cc1ccc(NC(=O)Nc2cccc(Cl)c2)cc1I. The molecule has 0 aliphatic carbocycles. The third-order valence-corrected chi connectivity index (χ3v) is 3.91. The molecular weight excluding hydrogens is 375 g/mol. The number of halogens is 2. The number of hydrogen-bond acceptors (Lipinski definition) is 1. The van der Waals surface area contributed by atoms with Gasteiger partial charge in [-0.15, -0.1) is 0 Å². The van der Waals surface area contributed by atoms with E-state index < -0.39 is 0 Å². The molecule has 0 fully saturated rings. The first-order chi connectivity index (χ1) is 9.04.